The standard InChI is InChI=1S/C17H21NO2/c1-13(20-3)12-14-4-6-15(7-5-14)18(2)16-8-10-17(19)11-9-16/h4-11,13,19H,12H2,1-3H3. The molecule has 0 saturated heterocycles. The van der Waals surface area contributed by atoms with Gasteiger partial charge in [-0.05, 0) is 55.3 Å². The molecule has 3 heteroatoms. The van der Waals surface area contributed by atoms with Gasteiger partial charge >= 0.3 is 0 Å². The van der Waals surface area contributed by atoms with Crippen LogP contribution in [0.5, 0.6) is 5.75 Å². The fourth-order valence-electron chi connectivity index (χ4n) is 2.10. The Hall–Kier alpha value is -2.00. The van der Waals surface area contributed by atoms with Crippen LogP contribution in [0.15, 0.2) is 48.5 Å². The average molecular weight is 271 g/mol. The van der Waals surface area contributed by atoms with Crippen molar-refractivity contribution in [1.29, 1.82) is 0 Å². The van der Waals surface area contributed by atoms with Crippen molar-refractivity contribution >= 4 is 11.4 Å². The molecule has 0 saturated carbocycles. The van der Waals surface area contributed by atoms with E-state index in [1.807, 2.05) is 19.2 Å². The van der Waals surface area contributed by atoms with Crippen molar-refractivity contribution < 1.29 is 9.84 Å². The van der Waals surface area contributed by atoms with Crippen molar-refractivity contribution in [1.82, 2.24) is 0 Å². The Morgan fingerprint density at radius 2 is 1.50 bits per heavy atom. The van der Waals surface area contributed by atoms with E-state index in [0.29, 0.717) is 0 Å². The molecule has 2 rings (SSSR count). The van der Waals surface area contributed by atoms with Gasteiger partial charge in [-0.15, -0.1) is 0 Å². The quantitative estimate of drug-likeness (QED) is 0.899. The molecule has 3 nitrogen and oxygen atoms in total. The molecule has 0 fully saturated rings. The van der Waals surface area contributed by atoms with Crippen LogP contribution in [0.2, 0.25) is 0 Å². The normalized spacial score (nSPS) is 12.2. The molecule has 1 atom stereocenters. The summed E-state index contributed by atoms with van der Waals surface area (Å²) in [4.78, 5) is 2.09. The number of phenolic OH excluding ortho intramolecular Hbond substituents is 1. The van der Waals surface area contributed by atoms with E-state index >= 15 is 0 Å². The molecule has 0 heterocycles. The number of phenols is 1. The van der Waals surface area contributed by atoms with E-state index in [1.54, 1.807) is 19.2 Å². The van der Waals surface area contributed by atoms with Crippen LogP contribution >= 0.6 is 0 Å². The lowest BCUT2D eigenvalue weighted by atomic mass is 10.1. The molecule has 2 aromatic rings. The van der Waals surface area contributed by atoms with Gasteiger partial charge in [0.05, 0.1) is 6.10 Å². The Bertz CT molecular complexity index is 534. The van der Waals surface area contributed by atoms with Gasteiger partial charge in [-0.3, -0.25) is 0 Å². The van der Waals surface area contributed by atoms with Crippen LogP contribution in [-0.4, -0.2) is 25.4 Å². The Balaban J connectivity index is 2.11. The molecule has 0 aliphatic carbocycles. The molecule has 1 N–H and O–H groups in total. The number of nitrogens with zero attached hydrogens (tertiary/aromatic N) is 1. The van der Waals surface area contributed by atoms with Gasteiger partial charge in [0.25, 0.3) is 0 Å². The zero-order valence-electron chi connectivity index (χ0n) is 12.2. The topological polar surface area (TPSA) is 32.7 Å². The van der Waals surface area contributed by atoms with Crippen LogP contribution in [0, 0.1) is 0 Å². The van der Waals surface area contributed by atoms with Crippen LogP contribution in [0.4, 0.5) is 11.4 Å². The Morgan fingerprint density at radius 3 is 2.00 bits per heavy atom. The fraction of sp³-hybridized carbons (Fsp3) is 0.294. The lowest BCUT2D eigenvalue weighted by molar-refractivity contribution is 0.119. The van der Waals surface area contributed by atoms with Crippen molar-refractivity contribution in [2.24, 2.45) is 0 Å². The molecule has 2 aromatic carbocycles. The number of methoxy groups -OCH3 is 1. The molecule has 0 radical (unpaired) electrons. The minimum absolute atomic E-state index is 0.232. The third-order valence-electron chi connectivity index (χ3n) is 3.49. The summed E-state index contributed by atoms with van der Waals surface area (Å²) in [6, 6.07) is 15.6. The van der Waals surface area contributed by atoms with Crippen molar-refractivity contribution in [2.75, 3.05) is 19.1 Å². The molecule has 0 spiro atoms. The predicted octanol–water partition coefficient (Wildman–Crippen LogP) is 3.74. The van der Waals surface area contributed by atoms with Gasteiger partial charge in [0.2, 0.25) is 0 Å². The van der Waals surface area contributed by atoms with Crippen molar-refractivity contribution in [2.45, 2.75) is 19.4 Å². The van der Waals surface area contributed by atoms with Crippen molar-refractivity contribution in [3.05, 3.63) is 54.1 Å². The highest BCUT2D eigenvalue weighted by Crippen LogP contribution is 2.25. The van der Waals surface area contributed by atoms with Gasteiger partial charge in [-0.2, -0.15) is 0 Å². The number of ether oxygens (including phenoxy) is 1. The minimum atomic E-state index is 0.232. The van der Waals surface area contributed by atoms with Gasteiger partial charge in [-0.25, -0.2) is 0 Å². The third-order valence-corrected chi connectivity index (χ3v) is 3.49. The van der Waals surface area contributed by atoms with Gasteiger partial charge in [0, 0.05) is 25.5 Å². The van der Waals surface area contributed by atoms with Gasteiger partial charge < -0.3 is 14.7 Å². The largest absolute Gasteiger partial charge is 0.508 e. The second-order valence-corrected chi connectivity index (χ2v) is 4.99. The predicted molar refractivity (Wildman–Crippen MR) is 82.8 cm³/mol. The van der Waals surface area contributed by atoms with Crippen LogP contribution in [0.3, 0.4) is 0 Å². The van der Waals surface area contributed by atoms with Crippen molar-refractivity contribution in [3.8, 4) is 5.75 Å². The smallest absolute Gasteiger partial charge is 0.115 e. The van der Waals surface area contributed by atoms with Crippen molar-refractivity contribution in [3.63, 3.8) is 0 Å². The highest BCUT2D eigenvalue weighted by molar-refractivity contribution is 5.63. The van der Waals surface area contributed by atoms with E-state index in [1.165, 1.54) is 5.56 Å². The maximum Gasteiger partial charge on any atom is 0.115 e. The molecule has 20 heavy (non-hydrogen) atoms. The zero-order chi connectivity index (χ0) is 14.5. The first-order valence-electron chi connectivity index (χ1n) is 6.74. The first-order chi connectivity index (χ1) is 9.60. The maximum atomic E-state index is 9.32. The monoisotopic (exact) mass is 271 g/mol. The van der Waals surface area contributed by atoms with Crippen LogP contribution in [-0.2, 0) is 11.2 Å². The summed E-state index contributed by atoms with van der Waals surface area (Å²) >= 11 is 0. The van der Waals surface area contributed by atoms with Gasteiger partial charge in [0.1, 0.15) is 5.75 Å². The summed E-state index contributed by atoms with van der Waals surface area (Å²) in [5.41, 5.74) is 3.42. The number of anilines is 2. The minimum Gasteiger partial charge on any atom is -0.508 e. The second kappa shape index (κ2) is 6.44. The molecular formula is C17H21NO2. The summed E-state index contributed by atoms with van der Waals surface area (Å²) in [7, 11) is 3.75. The van der Waals surface area contributed by atoms with Gasteiger partial charge in [0.15, 0.2) is 0 Å². The Labute approximate surface area is 120 Å². The number of aromatic hydroxyl groups is 1. The zero-order valence-corrected chi connectivity index (χ0v) is 12.2. The van der Waals surface area contributed by atoms with E-state index in [9.17, 15) is 5.11 Å². The first-order valence-corrected chi connectivity index (χ1v) is 6.74. The summed E-state index contributed by atoms with van der Waals surface area (Å²) < 4.78 is 5.28. The number of hydrogen-bond donors (Lipinski definition) is 1. The highest BCUT2D eigenvalue weighted by Gasteiger charge is 2.05. The lowest BCUT2D eigenvalue weighted by Gasteiger charge is -2.20. The van der Waals surface area contributed by atoms with Gasteiger partial charge in [-0.1, -0.05) is 12.1 Å². The lowest BCUT2D eigenvalue weighted by Crippen LogP contribution is -2.10. The number of rotatable bonds is 5. The van der Waals surface area contributed by atoms with E-state index in [2.05, 4.69) is 36.1 Å². The summed E-state index contributed by atoms with van der Waals surface area (Å²) in [6.45, 7) is 2.07. The molecule has 0 aromatic heterocycles. The number of hydrogen-bond acceptors (Lipinski definition) is 3. The molecule has 0 aliphatic rings. The van der Waals surface area contributed by atoms with E-state index in [4.69, 9.17) is 4.74 Å². The van der Waals surface area contributed by atoms with E-state index < -0.39 is 0 Å². The number of benzene rings is 2. The third kappa shape index (κ3) is 3.52. The average Bonchev–Trinajstić information content (AvgIpc) is 2.48. The molecule has 0 amide bonds. The summed E-state index contributed by atoms with van der Waals surface area (Å²) in [5, 5.41) is 9.32. The van der Waals surface area contributed by atoms with Crippen LogP contribution < -0.4 is 4.90 Å². The SMILES string of the molecule is COC(C)Cc1ccc(N(C)c2ccc(O)cc2)cc1. The molecule has 106 valence electrons. The molecular weight excluding hydrogens is 250 g/mol. The Morgan fingerprint density at radius 1 is 1.00 bits per heavy atom. The highest BCUT2D eigenvalue weighted by atomic mass is 16.5. The second-order valence-electron chi connectivity index (χ2n) is 4.99. The maximum absolute atomic E-state index is 9.32. The van der Waals surface area contributed by atoms with Crippen LogP contribution in [0.1, 0.15) is 12.5 Å². The van der Waals surface area contributed by atoms with Crippen LogP contribution in [0.25, 0.3) is 0 Å². The first kappa shape index (κ1) is 14.4. The molecule has 1 unspecified atom stereocenters. The van der Waals surface area contributed by atoms with E-state index in [0.717, 1.165) is 17.8 Å². The molecule has 0 aliphatic heterocycles. The summed E-state index contributed by atoms with van der Waals surface area (Å²) in [6.07, 6.45) is 1.15. The summed E-state index contributed by atoms with van der Waals surface area (Å²) in [5.74, 6) is 0.283. The Kier molecular flexibility index (Phi) is 4.64. The fourth-order valence-corrected chi connectivity index (χ4v) is 2.10. The molecule has 0 bridgehead atoms. The van der Waals surface area contributed by atoms with E-state index in [-0.39, 0.29) is 11.9 Å².